The Morgan fingerprint density at radius 1 is 1.40 bits per heavy atom. The van der Waals surface area contributed by atoms with Gasteiger partial charge in [0, 0.05) is 17.0 Å². The fourth-order valence-electron chi connectivity index (χ4n) is 1.72. The predicted octanol–water partition coefficient (Wildman–Crippen LogP) is 2.08. The van der Waals surface area contributed by atoms with Gasteiger partial charge in [0.1, 0.15) is 0 Å². The third kappa shape index (κ3) is 3.36. The van der Waals surface area contributed by atoms with E-state index in [2.05, 4.69) is 10.5 Å². The van der Waals surface area contributed by atoms with E-state index in [1.807, 2.05) is 25.1 Å². The van der Waals surface area contributed by atoms with E-state index in [-0.39, 0.29) is 11.7 Å². The zero-order valence-corrected chi connectivity index (χ0v) is 11.8. The molecule has 0 atom stereocenters. The Hall–Kier alpha value is -2.34. The molecular formula is C14H15N3O2S. The molecule has 20 heavy (non-hydrogen) atoms. The highest BCUT2D eigenvalue weighted by molar-refractivity contribution is 7.13. The molecule has 0 unspecified atom stereocenters. The van der Waals surface area contributed by atoms with E-state index >= 15 is 0 Å². The molecule has 0 aliphatic carbocycles. The van der Waals surface area contributed by atoms with Crippen LogP contribution in [0.1, 0.15) is 25.7 Å². The Bertz CT molecular complexity index is 649. The van der Waals surface area contributed by atoms with Crippen LogP contribution in [0.2, 0.25) is 0 Å². The summed E-state index contributed by atoms with van der Waals surface area (Å²) >= 11 is 1.46. The molecular weight excluding hydrogens is 274 g/mol. The van der Waals surface area contributed by atoms with Gasteiger partial charge in [-0.15, -0.1) is 11.3 Å². The minimum Gasteiger partial charge on any atom is -0.409 e. The SMILES string of the molecule is Cc1ccc(C(=O)NCc2cccc(C(N)=NO)c2)s1. The van der Waals surface area contributed by atoms with Gasteiger partial charge in [-0.3, -0.25) is 4.79 Å². The van der Waals surface area contributed by atoms with Crippen LogP contribution >= 0.6 is 11.3 Å². The molecule has 0 saturated heterocycles. The summed E-state index contributed by atoms with van der Waals surface area (Å²) in [6, 6.07) is 10.9. The van der Waals surface area contributed by atoms with E-state index in [1.54, 1.807) is 18.2 Å². The highest BCUT2D eigenvalue weighted by Crippen LogP contribution is 2.15. The second-order valence-electron chi connectivity index (χ2n) is 4.28. The maximum atomic E-state index is 11.9. The Morgan fingerprint density at radius 3 is 2.85 bits per heavy atom. The minimum absolute atomic E-state index is 0.0482. The van der Waals surface area contributed by atoms with E-state index < -0.39 is 0 Å². The Morgan fingerprint density at radius 2 is 2.20 bits per heavy atom. The molecule has 2 aromatic rings. The van der Waals surface area contributed by atoms with Gasteiger partial charge in [-0.25, -0.2) is 0 Å². The summed E-state index contributed by atoms with van der Waals surface area (Å²) in [5, 5.41) is 14.4. The van der Waals surface area contributed by atoms with Crippen molar-refractivity contribution in [2.45, 2.75) is 13.5 Å². The highest BCUT2D eigenvalue weighted by Gasteiger charge is 2.08. The maximum absolute atomic E-state index is 11.9. The number of carbonyl (C=O) groups excluding carboxylic acids is 1. The summed E-state index contributed by atoms with van der Waals surface area (Å²) in [5.41, 5.74) is 7.03. The molecule has 1 aromatic carbocycles. The van der Waals surface area contributed by atoms with Crippen molar-refractivity contribution < 1.29 is 10.0 Å². The number of nitrogens with two attached hydrogens (primary N) is 1. The first kappa shape index (κ1) is 14.1. The number of oxime groups is 1. The molecule has 0 fully saturated rings. The van der Waals surface area contributed by atoms with Gasteiger partial charge < -0.3 is 16.3 Å². The van der Waals surface area contributed by atoms with E-state index in [9.17, 15) is 4.79 Å². The van der Waals surface area contributed by atoms with Gasteiger partial charge in [0.25, 0.3) is 5.91 Å². The summed E-state index contributed by atoms with van der Waals surface area (Å²) in [6.45, 7) is 2.35. The number of benzene rings is 1. The van der Waals surface area contributed by atoms with Crippen LogP contribution in [0.3, 0.4) is 0 Å². The van der Waals surface area contributed by atoms with Crippen LogP contribution in [0.4, 0.5) is 0 Å². The molecule has 2 rings (SSSR count). The van der Waals surface area contributed by atoms with E-state index in [0.717, 1.165) is 10.4 Å². The van der Waals surface area contributed by atoms with Gasteiger partial charge in [-0.1, -0.05) is 23.4 Å². The van der Waals surface area contributed by atoms with E-state index in [1.165, 1.54) is 11.3 Å². The number of hydrogen-bond donors (Lipinski definition) is 3. The fourth-order valence-corrected chi connectivity index (χ4v) is 2.51. The summed E-state index contributed by atoms with van der Waals surface area (Å²) in [7, 11) is 0. The van der Waals surface area contributed by atoms with Crippen molar-refractivity contribution in [2.75, 3.05) is 0 Å². The second-order valence-corrected chi connectivity index (χ2v) is 5.57. The van der Waals surface area contributed by atoms with Crippen LogP contribution in [0.15, 0.2) is 41.6 Å². The van der Waals surface area contributed by atoms with Gasteiger partial charge in [0.2, 0.25) is 0 Å². The molecule has 1 amide bonds. The normalized spacial score (nSPS) is 11.3. The smallest absolute Gasteiger partial charge is 0.261 e. The molecule has 0 bridgehead atoms. The standard InChI is InChI=1S/C14H15N3O2S/c1-9-5-6-12(20-9)14(18)16-8-10-3-2-4-11(7-10)13(15)17-19/h2-7,19H,8H2,1H3,(H2,15,17)(H,16,18). The van der Waals surface area contributed by atoms with Crippen LogP contribution in [-0.2, 0) is 6.54 Å². The number of nitrogens with one attached hydrogen (secondary N) is 1. The van der Waals surface area contributed by atoms with Crippen LogP contribution in [0.25, 0.3) is 0 Å². The van der Waals surface area contributed by atoms with E-state index in [4.69, 9.17) is 10.9 Å². The quantitative estimate of drug-likeness (QED) is 0.348. The first-order chi connectivity index (χ1) is 9.60. The average molecular weight is 289 g/mol. The fraction of sp³-hybridized carbons (Fsp3) is 0.143. The Balaban J connectivity index is 2.02. The van der Waals surface area contributed by atoms with Gasteiger partial charge in [-0.05, 0) is 30.7 Å². The highest BCUT2D eigenvalue weighted by atomic mass is 32.1. The lowest BCUT2D eigenvalue weighted by Crippen LogP contribution is -2.22. The second kappa shape index (κ2) is 6.21. The van der Waals surface area contributed by atoms with Crippen LogP contribution in [0, 0.1) is 6.92 Å². The molecule has 0 radical (unpaired) electrons. The van der Waals surface area contributed by atoms with Crippen molar-refractivity contribution in [1.29, 1.82) is 0 Å². The number of amides is 1. The summed E-state index contributed by atoms with van der Waals surface area (Å²) in [5.74, 6) is -0.0515. The minimum atomic E-state index is -0.0997. The topological polar surface area (TPSA) is 87.7 Å². The number of amidine groups is 1. The first-order valence-electron chi connectivity index (χ1n) is 6.01. The average Bonchev–Trinajstić information content (AvgIpc) is 2.91. The number of hydrogen-bond acceptors (Lipinski definition) is 4. The largest absolute Gasteiger partial charge is 0.409 e. The Labute approximate surface area is 120 Å². The van der Waals surface area contributed by atoms with Crippen molar-refractivity contribution >= 4 is 23.1 Å². The molecule has 0 spiro atoms. The van der Waals surface area contributed by atoms with Crippen molar-refractivity contribution in [3.63, 3.8) is 0 Å². The van der Waals surface area contributed by atoms with Gasteiger partial charge in [-0.2, -0.15) is 0 Å². The first-order valence-corrected chi connectivity index (χ1v) is 6.83. The zero-order chi connectivity index (χ0) is 14.5. The number of thiophene rings is 1. The van der Waals surface area contributed by atoms with Crippen molar-refractivity contribution in [1.82, 2.24) is 5.32 Å². The molecule has 0 aliphatic rings. The molecule has 5 nitrogen and oxygen atoms in total. The number of aryl methyl sites for hydroxylation is 1. The number of rotatable bonds is 4. The van der Waals surface area contributed by atoms with Crippen LogP contribution in [0.5, 0.6) is 0 Å². The summed E-state index contributed by atoms with van der Waals surface area (Å²) < 4.78 is 0. The van der Waals surface area contributed by atoms with Crippen LogP contribution < -0.4 is 11.1 Å². The molecule has 4 N–H and O–H groups in total. The molecule has 1 aromatic heterocycles. The molecule has 6 heteroatoms. The van der Waals surface area contributed by atoms with Gasteiger partial charge in [0.15, 0.2) is 5.84 Å². The van der Waals surface area contributed by atoms with Crippen molar-refractivity contribution in [3.8, 4) is 0 Å². The predicted molar refractivity (Wildman–Crippen MR) is 79.2 cm³/mol. The lowest BCUT2D eigenvalue weighted by Gasteiger charge is -2.06. The van der Waals surface area contributed by atoms with E-state index in [0.29, 0.717) is 17.0 Å². The van der Waals surface area contributed by atoms with Gasteiger partial charge in [0.05, 0.1) is 4.88 Å². The number of carbonyl (C=O) groups is 1. The van der Waals surface area contributed by atoms with Crippen molar-refractivity contribution in [2.24, 2.45) is 10.9 Å². The number of nitrogens with zero attached hydrogens (tertiary/aromatic N) is 1. The monoisotopic (exact) mass is 289 g/mol. The molecule has 0 saturated carbocycles. The third-order valence-corrected chi connectivity index (χ3v) is 3.75. The molecule has 0 aliphatic heterocycles. The Kier molecular flexibility index (Phi) is 4.37. The molecule has 1 heterocycles. The lowest BCUT2D eigenvalue weighted by molar-refractivity contribution is 0.0955. The zero-order valence-electron chi connectivity index (χ0n) is 11.0. The molecule has 104 valence electrons. The third-order valence-electron chi connectivity index (χ3n) is 2.75. The summed E-state index contributed by atoms with van der Waals surface area (Å²) in [6.07, 6.45) is 0. The van der Waals surface area contributed by atoms with Crippen molar-refractivity contribution in [3.05, 3.63) is 57.3 Å². The van der Waals surface area contributed by atoms with Gasteiger partial charge >= 0.3 is 0 Å². The van der Waals surface area contributed by atoms with Crippen LogP contribution in [-0.4, -0.2) is 17.0 Å². The lowest BCUT2D eigenvalue weighted by atomic mass is 10.1. The summed E-state index contributed by atoms with van der Waals surface area (Å²) in [4.78, 5) is 13.7. The maximum Gasteiger partial charge on any atom is 0.261 e.